The number of likely N-dealkylation sites (tertiary alicyclic amines) is 1. The quantitative estimate of drug-likeness (QED) is 0.850. The minimum atomic E-state index is 0.575. The van der Waals surface area contributed by atoms with E-state index in [1.165, 1.54) is 12.8 Å². The van der Waals surface area contributed by atoms with Crippen molar-refractivity contribution in [2.45, 2.75) is 46.2 Å². The van der Waals surface area contributed by atoms with E-state index >= 15 is 0 Å². The first kappa shape index (κ1) is 12.3. The molecule has 4 heteroatoms. The van der Waals surface area contributed by atoms with Gasteiger partial charge in [-0.2, -0.15) is 0 Å². The standard InChI is InChI=1S/C13H22N4/c1-9-4-5-17(11(3)6-9)8-13-15-10(2)7-12(14)16-13/h7,9,11H,4-6,8H2,1-3H3,(H2,14,15,16). The van der Waals surface area contributed by atoms with Crippen LogP contribution in [0.2, 0.25) is 0 Å². The Balaban J connectivity index is 2.05. The molecule has 1 aliphatic rings. The molecule has 1 aliphatic heterocycles. The molecule has 4 nitrogen and oxygen atoms in total. The third-order valence-electron chi connectivity index (χ3n) is 3.54. The van der Waals surface area contributed by atoms with Gasteiger partial charge in [-0.15, -0.1) is 0 Å². The fraction of sp³-hybridized carbons (Fsp3) is 0.692. The summed E-state index contributed by atoms with van der Waals surface area (Å²) in [5, 5.41) is 0. The van der Waals surface area contributed by atoms with Gasteiger partial charge < -0.3 is 5.73 Å². The fourth-order valence-corrected chi connectivity index (χ4v) is 2.60. The van der Waals surface area contributed by atoms with Crippen molar-refractivity contribution in [2.24, 2.45) is 5.92 Å². The summed E-state index contributed by atoms with van der Waals surface area (Å²) in [6.45, 7) is 8.53. The van der Waals surface area contributed by atoms with Crippen LogP contribution in [0.3, 0.4) is 0 Å². The number of anilines is 1. The summed E-state index contributed by atoms with van der Waals surface area (Å²) in [5.41, 5.74) is 6.70. The van der Waals surface area contributed by atoms with Crippen molar-refractivity contribution >= 4 is 5.82 Å². The second-order valence-electron chi connectivity index (χ2n) is 5.30. The Morgan fingerprint density at radius 2 is 2.18 bits per heavy atom. The maximum Gasteiger partial charge on any atom is 0.144 e. The zero-order chi connectivity index (χ0) is 12.4. The number of hydrogen-bond acceptors (Lipinski definition) is 4. The molecule has 1 aromatic heterocycles. The number of rotatable bonds is 2. The molecule has 0 aliphatic carbocycles. The molecule has 2 atom stereocenters. The van der Waals surface area contributed by atoms with Gasteiger partial charge in [-0.3, -0.25) is 4.90 Å². The van der Waals surface area contributed by atoms with Crippen LogP contribution in [0.15, 0.2) is 6.07 Å². The van der Waals surface area contributed by atoms with Gasteiger partial charge in [0.2, 0.25) is 0 Å². The van der Waals surface area contributed by atoms with Crippen molar-refractivity contribution in [1.82, 2.24) is 14.9 Å². The number of nitrogen functional groups attached to an aromatic ring is 1. The van der Waals surface area contributed by atoms with Gasteiger partial charge in [0.15, 0.2) is 0 Å². The molecule has 0 aromatic carbocycles. The molecule has 1 saturated heterocycles. The molecule has 94 valence electrons. The summed E-state index contributed by atoms with van der Waals surface area (Å²) in [7, 11) is 0. The van der Waals surface area contributed by atoms with E-state index in [-0.39, 0.29) is 0 Å². The molecule has 2 N–H and O–H groups in total. The van der Waals surface area contributed by atoms with Crippen LogP contribution in [0, 0.1) is 12.8 Å². The SMILES string of the molecule is Cc1cc(N)nc(CN2CCC(C)CC2C)n1. The summed E-state index contributed by atoms with van der Waals surface area (Å²) in [4.78, 5) is 11.2. The summed E-state index contributed by atoms with van der Waals surface area (Å²) in [6.07, 6.45) is 2.53. The average Bonchev–Trinajstić information content (AvgIpc) is 2.21. The maximum atomic E-state index is 5.75. The molecular weight excluding hydrogens is 212 g/mol. The van der Waals surface area contributed by atoms with E-state index in [1.807, 2.05) is 13.0 Å². The normalized spacial score (nSPS) is 26.1. The first-order valence-electron chi connectivity index (χ1n) is 6.38. The van der Waals surface area contributed by atoms with E-state index in [0.29, 0.717) is 11.9 Å². The van der Waals surface area contributed by atoms with Crippen molar-refractivity contribution in [1.29, 1.82) is 0 Å². The highest BCUT2D eigenvalue weighted by molar-refractivity contribution is 5.29. The second-order valence-corrected chi connectivity index (χ2v) is 5.30. The van der Waals surface area contributed by atoms with Crippen LogP contribution in [0.4, 0.5) is 5.82 Å². The largest absolute Gasteiger partial charge is 0.384 e. The van der Waals surface area contributed by atoms with Crippen LogP contribution in [-0.2, 0) is 6.54 Å². The summed E-state index contributed by atoms with van der Waals surface area (Å²) < 4.78 is 0. The van der Waals surface area contributed by atoms with Crippen molar-refractivity contribution in [3.05, 3.63) is 17.6 Å². The number of piperidine rings is 1. The highest BCUT2D eigenvalue weighted by Gasteiger charge is 2.23. The van der Waals surface area contributed by atoms with Crippen LogP contribution >= 0.6 is 0 Å². The zero-order valence-electron chi connectivity index (χ0n) is 11.0. The Kier molecular flexibility index (Phi) is 3.62. The molecule has 0 spiro atoms. The Hall–Kier alpha value is -1.16. The van der Waals surface area contributed by atoms with Crippen LogP contribution < -0.4 is 5.73 Å². The topological polar surface area (TPSA) is 55.0 Å². The van der Waals surface area contributed by atoms with Gasteiger partial charge in [0.25, 0.3) is 0 Å². The van der Waals surface area contributed by atoms with Crippen molar-refractivity contribution < 1.29 is 0 Å². The maximum absolute atomic E-state index is 5.75. The lowest BCUT2D eigenvalue weighted by atomic mass is 9.93. The zero-order valence-corrected chi connectivity index (χ0v) is 11.0. The van der Waals surface area contributed by atoms with Crippen molar-refractivity contribution in [3.8, 4) is 0 Å². The molecule has 2 unspecified atom stereocenters. The lowest BCUT2D eigenvalue weighted by molar-refractivity contribution is 0.119. The molecule has 1 fully saturated rings. The smallest absolute Gasteiger partial charge is 0.144 e. The lowest BCUT2D eigenvalue weighted by Crippen LogP contribution is -2.40. The number of nitrogens with two attached hydrogens (primary N) is 1. The van der Waals surface area contributed by atoms with Gasteiger partial charge in [-0.05, 0) is 39.2 Å². The number of aromatic nitrogens is 2. The third-order valence-corrected chi connectivity index (χ3v) is 3.54. The monoisotopic (exact) mass is 234 g/mol. The van der Waals surface area contributed by atoms with Gasteiger partial charge in [0.1, 0.15) is 11.6 Å². The first-order valence-corrected chi connectivity index (χ1v) is 6.38. The van der Waals surface area contributed by atoms with Gasteiger partial charge in [-0.25, -0.2) is 9.97 Å². The second kappa shape index (κ2) is 5.00. The van der Waals surface area contributed by atoms with E-state index in [4.69, 9.17) is 5.73 Å². The van der Waals surface area contributed by atoms with Crippen molar-refractivity contribution in [3.63, 3.8) is 0 Å². The lowest BCUT2D eigenvalue weighted by Gasteiger charge is -2.35. The Labute approximate surface area is 103 Å². The summed E-state index contributed by atoms with van der Waals surface area (Å²) in [6, 6.07) is 2.43. The van der Waals surface area contributed by atoms with Gasteiger partial charge in [0, 0.05) is 17.8 Å². The third kappa shape index (κ3) is 3.16. The Morgan fingerprint density at radius 1 is 1.41 bits per heavy atom. The molecule has 0 radical (unpaired) electrons. The molecule has 0 amide bonds. The molecule has 0 saturated carbocycles. The number of aryl methyl sites for hydroxylation is 1. The van der Waals surface area contributed by atoms with E-state index < -0.39 is 0 Å². The molecule has 17 heavy (non-hydrogen) atoms. The molecule has 0 bridgehead atoms. The fourth-order valence-electron chi connectivity index (χ4n) is 2.60. The van der Waals surface area contributed by atoms with E-state index in [0.717, 1.165) is 30.5 Å². The van der Waals surface area contributed by atoms with E-state index in [9.17, 15) is 0 Å². The molecular formula is C13H22N4. The predicted octanol–water partition coefficient (Wildman–Crippen LogP) is 1.99. The average molecular weight is 234 g/mol. The molecule has 1 aromatic rings. The highest BCUT2D eigenvalue weighted by atomic mass is 15.2. The Bertz CT molecular complexity index is 371. The predicted molar refractivity (Wildman–Crippen MR) is 69.5 cm³/mol. The van der Waals surface area contributed by atoms with Gasteiger partial charge in [0.05, 0.1) is 6.54 Å². The number of hydrogen-bond donors (Lipinski definition) is 1. The molecule has 2 heterocycles. The van der Waals surface area contributed by atoms with Gasteiger partial charge >= 0.3 is 0 Å². The highest BCUT2D eigenvalue weighted by Crippen LogP contribution is 2.23. The van der Waals surface area contributed by atoms with Crippen LogP contribution in [-0.4, -0.2) is 27.5 Å². The molecule has 2 rings (SSSR count). The summed E-state index contributed by atoms with van der Waals surface area (Å²) >= 11 is 0. The Morgan fingerprint density at radius 3 is 2.82 bits per heavy atom. The minimum Gasteiger partial charge on any atom is -0.384 e. The van der Waals surface area contributed by atoms with Crippen LogP contribution in [0.1, 0.15) is 38.2 Å². The number of nitrogens with zero attached hydrogens (tertiary/aromatic N) is 3. The van der Waals surface area contributed by atoms with Gasteiger partial charge in [-0.1, -0.05) is 6.92 Å². The minimum absolute atomic E-state index is 0.575. The van der Waals surface area contributed by atoms with E-state index in [2.05, 4.69) is 28.7 Å². The van der Waals surface area contributed by atoms with Crippen LogP contribution in [0.5, 0.6) is 0 Å². The van der Waals surface area contributed by atoms with E-state index in [1.54, 1.807) is 0 Å². The van der Waals surface area contributed by atoms with Crippen molar-refractivity contribution in [2.75, 3.05) is 12.3 Å². The van der Waals surface area contributed by atoms with Crippen LogP contribution in [0.25, 0.3) is 0 Å². The summed E-state index contributed by atoms with van der Waals surface area (Å²) in [5.74, 6) is 2.26. The first-order chi connectivity index (χ1) is 8.04.